The molecule has 0 bridgehead atoms. The van der Waals surface area contributed by atoms with Crippen molar-refractivity contribution in [2.24, 2.45) is 0 Å². The number of aromatic nitrogens is 3. The van der Waals surface area contributed by atoms with Crippen LogP contribution >= 0.6 is 0 Å². The van der Waals surface area contributed by atoms with Gasteiger partial charge in [-0.05, 0) is 30.2 Å². The minimum Gasteiger partial charge on any atom is -0.469 e. The Labute approximate surface area is 175 Å². The van der Waals surface area contributed by atoms with E-state index in [-0.39, 0.29) is 5.56 Å². The van der Waals surface area contributed by atoms with Gasteiger partial charge < -0.3 is 9.40 Å². The molecule has 150 valence electrons. The third kappa shape index (κ3) is 3.96. The Hall–Kier alpha value is -3.86. The first-order valence-corrected chi connectivity index (χ1v) is 9.85. The Morgan fingerprint density at radius 2 is 2.03 bits per heavy atom. The van der Waals surface area contributed by atoms with Gasteiger partial charge in [0.25, 0.3) is 5.56 Å². The summed E-state index contributed by atoms with van der Waals surface area (Å²) in [7, 11) is 0. The minimum atomic E-state index is -0.135. The van der Waals surface area contributed by atoms with Gasteiger partial charge in [0.1, 0.15) is 11.5 Å². The van der Waals surface area contributed by atoms with Crippen molar-refractivity contribution in [2.75, 3.05) is 0 Å². The van der Waals surface area contributed by atoms with Crippen molar-refractivity contribution < 1.29 is 4.42 Å². The summed E-state index contributed by atoms with van der Waals surface area (Å²) in [5.74, 6) is 1.35. The lowest BCUT2D eigenvalue weighted by Gasteiger charge is -2.13. The van der Waals surface area contributed by atoms with Gasteiger partial charge in [-0.1, -0.05) is 61.2 Å². The molecule has 1 aromatic carbocycles. The fourth-order valence-electron chi connectivity index (χ4n) is 3.48. The van der Waals surface area contributed by atoms with Crippen molar-refractivity contribution in [2.45, 2.75) is 19.8 Å². The van der Waals surface area contributed by atoms with Gasteiger partial charge in [0.05, 0.1) is 24.1 Å². The van der Waals surface area contributed by atoms with Crippen LogP contribution in [0, 0.1) is 0 Å². The molecule has 2 aliphatic heterocycles. The number of nitrogens with zero attached hydrogens (tertiary/aromatic N) is 2. The lowest BCUT2D eigenvalue weighted by atomic mass is 10.1. The van der Waals surface area contributed by atoms with E-state index in [1.54, 1.807) is 23.1 Å². The van der Waals surface area contributed by atoms with E-state index >= 15 is 0 Å². The van der Waals surface area contributed by atoms with Gasteiger partial charge >= 0.3 is 0 Å². The summed E-state index contributed by atoms with van der Waals surface area (Å²) in [6.07, 6.45) is 12.0. The highest BCUT2D eigenvalue weighted by molar-refractivity contribution is 5.73. The Bertz CT molecular complexity index is 1230. The maximum absolute atomic E-state index is 13.1. The zero-order valence-electron chi connectivity index (χ0n) is 16.8. The average Bonchev–Trinajstić information content (AvgIpc) is 3.38. The molecule has 0 radical (unpaired) electrons. The van der Waals surface area contributed by atoms with Crippen LogP contribution in [0.4, 0.5) is 0 Å². The van der Waals surface area contributed by atoms with Crippen LogP contribution in [0.1, 0.15) is 35.3 Å². The third-order valence-electron chi connectivity index (χ3n) is 4.85. The molecule has 0 spiro atoms. The van der Waals surface area contributed by atoms with E-state index in [4.69, 9.17) is 4.42 Å². The maximum atomic E-state index is 13.1. The molecule has 0 amide bonds. The number of imidazole rings is 1. The van der Waals surface area contributed by atoms with Crippen LogP contribution in [0.2, 0.25) is 0 Å². The monoisotopic (exact) mass is 397 g/mol. The van der Waals surface area contributed by atoms with Crippen LogP contribution < -0.4 is 5.56 Å². The molecule has 0 unspecified atom stereocenters. The van der Waals surface area contributed by atoms with Gasteiger partial charge in [-0.3, -0.25) is 9.36 Å². The van der Waals surface area contributed by atoms with Crippen molar-refractivity contribution in [3.05, 3.63) is 125 Å². The van der Waals surface area contributed by atoms with Crippen LogP contribution in [0.5, 0.6) is 0 Å². The summed E-state index contributed by atoms with van der Waals surface area (Å²) in [5.41, 5.74) is 4.10. The molecule has 5 heteroatoms. The van der Waals surface area contributed by atoms with Crippen LogP contribution in [-0.2, 0) is 12.8 Å². The number of benzene rings is 1. The maximum Gasteiger partial charge on any atom is 0.278 e. The van der Waals surface area contributed by atoms with Crippen molar-refractivity contribution in [1.29, 1.82) is 0 Å². The van der Waals surface area contributed by atoms with E-state index in [9.17, 15) is 4.79 Å². The van der Waals surface area contributed by atoms with Crippen molar-refractivity contribution >= 4 is 5.57 Å². The number of hydrogen-bond donors (Lipinski definition) is 1. The molecular weight excluding hydrogens is 374 g/mol. The molecule has 0 saturated heterocycles. The fourth-order valence-corrected chi connectivity index (χ4v) is 3.48. The first-order valence-electron chi connectivity index (χ1n) is 9.85. The number of hydrogen-bond acceptors (Lipinski definition) is 3. The predicted octanol–water partition coefficient (Wildman–Crippen LogP) is 4.92. The minimum absolute atomic E-state index is 0.135. The quantitative estimate of drug-likeness (QED) is 0.450. The van der Waals surface area contributed by atoms with E-state index in [1.165, 1.54) is 0 Å². The zero-order chi connectivity index (χ0) is 20.9. The van der Waals surface area contributed by atoms with Crippen LogP contribution in [-0.4, -0.2) is 14.5 Å². The largest absolute Gasteiger partial charge is 0.469 e. The van der Waals surface area contributed by atoms with E-state index in [2.05, 4.69) is 28.7 Å². The van der Waals surface area contributed by atoms with Gasteiger partial charge in [-0.15, -0.1) is 0 Å². The van der Waals surface area contributed by atoms with Crippen LogP contribution in [0.25, 0.3) is 11.4 Å². The molecule has 5 nitrogen and oxygen atoms in total. The zero-order valence-corrected chi connectivity index (χ0v) is 16.8. The number of H-pyrrole nitrogens is 1. The van der Waals surface area contributed by atoms with Crippen molar-refractivity contribution in [3.63, 3.8) is 0 Å². The Morgan fingerprint density at radius 3 is 2.73 bits per heavy atom. The smallest absolute Gasteiger partial charge is 0.278 e. The Kier molecular flexibility index (Phi) is 5.61. The number of nitrogens with one attached hydrogen (secondary N) is 1. The predicted molar refractivity (Wildman–Crippen MR) is 119 cm³/mol. The van der Waals surface area contributed by atoms with Crippen molar-refractivity contribution in [1.82, 2.24) is 14.5 Å². The first kappa shape index (κ1) is 19.5. The molecule has 0 atom stereocenters. The molecule has 0 fully saturated rings. The SMILES string of the molecule is C=C/C=C(\C=C/C)c1cn2c(=O)c(Cc3ccco3)nc-2c(Cc2ccccc2)[nH]1. The number of aromatic amines is 1. The summed E-state index contributed by atoms with van der Waals surface area (Å²) in [4.78, 5) is 21.3. The summed E-state index contributed by atoms with van der Waals surface area (Å²) in [6, 6.07) is 13.8. The lowest BCUT2D eigenvalue weighted by Crippen LogP contribution is -2.18. The second-order valence-electron chi connectivity index (χ2n) is 6.98. The van der Waals surface area contributed by atoms with Crippen molar-refractivity contribution in [3.8, 4) is 5.82 Å². The molecule has 30 heavy (non-hydrogen) atoms. The number of fused-ring (bicyclic) bond motifs is 1. The molecule has 1 aromatic heterocycles. The van der Waals surface area contributed by atoms with Gasteiger partial charge in [-0.25, -0.2) is 4.98 Å². The van der Waals surface area contributed by atoms with E-state index in [0.717, 1.165) is 22.5 Å². The Morgan fingerprint density at radius 1 is 1.20 bits per heavy atom. The van der Waals surface area contributed by atoms with Crippen LogP contribution in [0.15, 0.2) is 95.0 Å². The standard InChI is InChI=1S/C25H23N3O2/c1-3-9-19(10-4-2)23-17-28-24(21(26-23)15-18-11-6-5-7-12-18)27-22(25(28)29)16-20-13-8-14-30-20/h3-14,17,26H,1,15-16H2,2H3/b10-4-,19-9+. The highest BCUT2D eigenvalue weighted by atomic mass is 16.3. The second kappa shape index (κ2) is 8.66. The average molecular weight is 397 g/mol. The van der Waals surface area contributed by atoms with E-state index < -0.39 is 0 Å². The van der Waals surface area contributed by atoms with Gasteiger partial charge in [0, 0.05) is 12.6 Å². The van der Waals surface area contributed by atoms with E-state index in [1.807, 2.05) is 55.5 Å². The number of rotatable bonds is 7. The Balaban J connectivity index is 1.88. The molecular formula is C25H23N3O2. The van der Waals surface area contributed by atoms with E-state index in [0.29, 0.717) is 30.1 Å². The molecule has 4 rings (SSSR count). The molecule has 3 heterocycles. The highest BCUT2D eigenvalue weighted by Gasteiger charge is 2.21. The molecule has 0 saturated carbocycles. The molecule has 0 aliphatic carbocycles. The topological polar surface area (TPSA) is 63.8 Å². The summed E-state index contributed by atoms with van der Waals surface area (Å²) in [6.45, 7) is 5.77. The van der Waals surface area contributed by atoms with Gasteiger partial charge in [-0.2, -0.15) is 0 Å². The third-order valence-corrected chi connectivity index (χ3v) is 4.85. The van der Waals surface area contributed by atoms with Crippen LogP contribution in [0.3, 0.4) is 0 Å². The first-order chi connectivity index (χ1) is 14.7. The molecule has 2 aliphatic rings. The molecule has 2 aromatic rings. The second-order valence-corrected chi connectivity index (χ2v) is 6.98. The fraction of sp³-hybridized carbons (Fsp3) is 0.120. The highest BCUT2D eigenvalue weighted by Crippen LogP contribution is 2.22. The number of allylic oxidation sites excluding steroid dienone is 5. The lowest BCUT2D eigenvalue weighted by molar-refractivity contribution is 0.519. The normalized spacial score (nSPS) is 12.1. The summed E-state index contributed by atoms with van der Waals surface area (Å²) < 4.78 is 7.04. The van der Waals surface area contributed by atoms with Gasteiger partial charge in [0.15, 0.2) is 5.82 Å². The summed E-state index contributed by atoms with van der Waals surface area (Å²) in [5, 5.41) is 0. The molecule has 1 N–H and O–H groups in total. The number of furan rings is 1. The van der Waals surface area contributed by atoms with Gasteiger partial charge in [0.2, 0.25) is 0 Å². The summed E-state index contributed by atoms with van der Waals surface area (Å²) >= 11 is 0.